The van der Waals surface area contributed by atoms with Crippen molar-refractivity contribution in [2.24, 2.45) is 0 Å². The summed E-state index contributed by atoms with van der Waals surface area (Å²) in [7, 11) is 1.54. The number of imidazole rings is 1. The molecule has 1 amide bonds. The van der Waals surface area contributed by atoms with Crippen molar-refractivity contribution in [3.8, 4) is 0 Å². The number of amides is 1. The zero-order valence-electron chi connectivity index (χ0n) is 19.4. The van der Waals surface area contributed by atoms with Gasteiger partial charge in [-0.2, -0.15) is 13.2 Å². The number of hydrogen-bond acceptors (Lipinski definition) is 3. The molecule has 3 heterocycles. The molecule has 5 rings (SSSR count). The van der Waals surface area contributed by atoms with Crippen molar-refractivity contribution < 1.29 is 22.7 Å². The lowest BCUT2D eigenvalue weighted by Gasteiger charge is -2.33. The minimum atomic E-state index is -4.42. The van der Waals surface area contributed by atoms with Crippen LogP contribution in [0.1, 0.15) is 42.3 Å². The lowest BCUT2D eigenvalue weighted by Crippen LogP contribution is -2.39. The Labute approximate surface area is 200 Å². The fraction of sp³-hybridized carbons (Fsp3) is 0.385. The monoisotopic (exact) mass is 484 g/mol. The maximum Gasteiger partial charge on any atom is 0.416 e. The first-order valence-electron chi connectivity index (χ1n) is 11.7. The van der Waals surface area contributed by atoms with Crippen molar-refractivity contribution in [2.75, 3.05) is 20.2 Å². The summed E-state index contributed by atoms with van der Waals surface area (Å²) < 4.78 is 46.8. The average molecular weight is 485 g/mol. The first kappa shape index (κ1) is 23.4. The number of H-pyrrole nitrogens is 1. The van der Waals surface area contributed by atoms with E-state index in [9.17, 15) is 18.0 Å². The molecule has 1 N–H and O–H groups in total. The van der Waals surface area contributed by atoms with Gasteiger partial charge in [-0.15, -0.1) is 0 Å². The summed E-state index contributed by atoms with van der Waals surface area (Å²) in [5.41, 5.74) is 2.46. The molecule has 2 aromatic heterocycles. The van der Waals surface area contributed by atoms with Crippen LogP contribution in [-0.2, 0) is 28.7 Å². The third-order valence-electron chi connectivity index (χ3n) is 6.83. The van der Waals surface area contributed by atoms with Gasteiger partial charge in [0.05, 0.1) is 16.6 Å². The second-order valence-corrected chi connectivity index (χ2v) is 9.00. The average Bonchev–Trinajstić information content (AvgIpc) is 3.43. The molecule has 35 heavy (non-hydrogen) atoms. The number of alkyl halides is 3. The van der Waals surface area contributed by atoms with E-state index in [-0.39, 0.29) is 18.6 Å². The summed E-state index contributed by atoms with van der Waals surface area (Å²) >= 11 is 0. The van der Waals surface area contributed by atoms with Gasteiger partial charge in [0.15, 0.2) is 0 Å². The fourth-order valence-corrected chi connectivity index (χ4v) is 5.07. The molecule has 0 radical (unpaired) electrons. The highest BCUT2D eigenvalue weighted by molar-refractivity contribution is 5.84. The van der Waals surface area contributed by atoms with Gasteiger partial charge in [-0.05, 0) is 49.1 Å². The number of halogens is 3. The van der Waals surface area contributed by atoms with Crippen molar-refractivity contribution in [1.82, 2.24) is 19.4 Å². The van der Waals surface area contributed by atoms with E-state index >= 15 is 0 Å². The van der Waals surface area contributed by atoms with Crippen LogP contribution in [0, 0.1) is 0 Å². The van der Waals surface area contributed by atoms with E-state index in [4.69, 9.17) is 4.74 Å². The lowest BCUT2D eigenvalue weighted by atomic mass is 10.0. The van der Waals surface area contributed by atoms with Crippen molar-refractivity contribution in [1.29, 1.82) is 0 Å². The lowest BCUT2D eigenvalue weighted by molar-refractivity contribution is -0.137. The van der Waals surface area contributed by atoms with Gasteiger partial charge in [-0.25, -0.2) is 4.98 Å². The van der Waals surface area contributed by atoms with E-state index < -0.39 is 11.7 Å². The van der Waals surface area contributed by atoms with E-state index in [1.807, 2.05) is 33.9 Å². The molecular weight excluding hydrogens is 457 g/mol. The standard InChI is InChI=1S/C26H27F3N4O2/c1-35-16-24-31-22-14-18(26(27,28)29)7-8-23(22)33(24)19-10-12-32(13-11-19)25(34)9-6-17-15-30-21-5-3-2-4-20(17)21/h2-5,7-8,14-15,19,30H,6,9-13,16H2,1H3. The molecule has 0 spiro atoms. The highest BCUT2D eigenvalue weighted by atomic mass is 19.4. The van der Waals surface area contributed by atoms with E-state index in [1.54, 1.807) is 7.11 Å². The number of carbonyl (C=O) groups is 1. The Morgan fingerprint density at radius 2 is 1.94 bits per heavy atom. The molecule has 1 aliphatic rings. The number of piperidine rings is 1. The number of nitrogens with zero attached hydrogens (tertiary/aromatic N) is 3. The number of para-hydroxylation sites is 1. The second kappa shape index (κ2) is 9.37. The predicted molar refractivity (Wildman–Crippen MR) is 127 cm³/mol. The third kappa shape index (κ3) is 4.65. The van der Waals surface area contributed by atoms with Crippen LogP contribution in [-0.4, -0.2) is 45.5 Å². The molecule has 1 aliphatic heterocycles. The topological polar surface area (TPSA) is 63.1 Å². The van der Waals surface area contributed by atoms with Crippen LogP contribution in [0.4, 0.5) is 13.2 Å². The van der Waals surface area contributed by atoms with E-state index in [1.165, 1.54) is 6.07 Å². The molecule has 9 heteroatoms. The van der Waals surface area contributed by atoms with Crippen LogP contribution >= 0.6 is 0 Å². The molecule has 0 unspecified atom stereocenters. The number of nitrogens with one attached hydrogen (secondary N) is 1. The molecule has 0 saturated carbocycles. The molecule has 1 saturated heterocycles. The Kier molecular flexibility index (Phi) is 6.27. The van der Waals surface area contributed by atoms with Gasteiger partial charge in [-0.1, -0.05) is 18.2 Å². The minimum Gasteiger partial charge on any atom is -0.377 e. The van der Waals surface area contributed by atoms with E-state index in [0.29, 0.717) is 55.6 Å². The number of methoxy groups -OCH3 is 1. The Bertz CT molecular complexity index is 1350. The Morgan fingerprint density at radius 3 is 2.69 bits per heavy atom. The molecule has 4 aromatic rings. The number of rotatable bonds is 6. The van der Waals surface area contributed by atoms with Crippen molar-refractivity contribution in [2.45, 2.75) is 44.5 Å². The maximum atomic E-state index is 13.2. The second-order valence-electron chi connectivity index (χ2n) is 9.00. The summed E-state index contributed by atoms with van der Waals surface area (Å²) in [6.45, 7) is 1.41. The molecule has 0 atom stereocenters. The quantitative estimate of drug-likeness (QED) is 0.394. The van der Waals surface area contributed by atoms with Crippen molar-refractivity contribution in [3.63, 3.8) is 0 Å². The number of ether oxygens (including phenoxy) is 1. The number of carbonyl (C=O) groups excluding carboxylic acids is 1. The number of likely N-dealkylation sites (tertiary alicyclic amines) is 1. The fourth-order valence-electron chi connectivity index (χ4n) is 5.07. The third-order valence-corrected chi connectivity index (χ3v) is 6.83. The summed E-state index contributed by atoms with van der Waals surface area (Å²) in [5, 5.41) is 1.14. The molecule has 6 nitrogen and oxygen atoms in total. The summed E-state index contributed by atoms with van der Waals surface area (Å²) in [4.78, 5) is 22.5. The van der Waals surface area contributed by atoms with Crippen LogP contribution in [0.3, 0.4) is 0 Å². The number of aryl methyl sites for hydroxylation is 1. The molecular formula is C26H27F3N4O2. The number of aromatic amines is 1. The molecule has 184 valence electrons. The summed E-state index contributed by atoms with van der Waals surface area (Å²) in [6, 6.07) is 11.8. The minimum absolute atomic E-state index is 0.0413. The number of aromatic nitrogens is 3. The molecule has 0 aliphatic carbocycles. The van der Waals surface area contributed by atoms with Gasteiger partial charge in [0.2, 0.25) is 5.91 Å². The van der Waals surface area contributed by atoms with Crippen LogP contribution in [0.5, 0.6) is 0 Å². The van der Waals surface area contributed by atoms with Gasteiger partial charge < -0.3 is 19.2 Å². The number of hydrogen-bond donors (Lipinski definition) is 1. The summed E-state index contributed by atoms with van der Waals surface area (Å²) in [5.74, 6) is 0.724. The Morgan fingerprint density at radius 1 is 1.17 bits per heavy atom. The normalized spacial score (nSPS) is 15.4. The SMILES string of the molecule is COCc1nc2cc(C(F)(F)F)ccc2n1C1CCN(C(=O)CCc2c[nH]c3ccccc23)CC1. The molecule has 1 fully saturated rings. The largest absolute Gasteiger partial charge is 0.416 e. The van der Waals surface area contributed by atoms with Crippen molar-refractivity contribution >= 4 is 27.8 Å². The summed E-state index contributed by atoms with van der Waals surface area (Å²) in [6.07, 6.45) is 0.0851. The van der Waals surface area contributed by atoms with Crippen LogP contribution < -0.4 is 0 Å². The van der Waals surface area contributed by atoms with Crippen LogP contribution in [0.25, 0.3) is 21.9 Å². The predicted octanol–water partition coefficient (Wildman–Crippen LogP) is 5.48. The molecule has 0 bridgehead atoms. The first-order valence-corrected chi connectivity index (χ1v) is 11.7. The maximum absolute atomic E-state index is 13.2. The van der Waals surface area contributed by atoms with Gasteiger partial charge >= 0.3 is 6.18 Å². The highest BCUT2D eigenvalue weighted by Gasteiger charge is 2.32. The van der Waals surface area contributed by atoms with Crippen molar-refractivity contribution in [3.05, 3.63) is 65.6 Å². The van der Waals surface area contributed by atoms with E-state index in [2.05, 4.69) is 16.0 Å². The molecule has 2 aromatic carbocycles. The van der Waals surface area contributed by atoms with Gasteiger partial charge in [0, 0.05) is 49.8 Å². The van der Waals surface area contributed by atoms with Gasteiger partial charge in [-0.3, -0.25) is 4.79 Å². The van der Waals surface area contributed by atoms with Gasteiger partial charge in [0.25, 0.3) is 0 Å². The Hall–Kier alpha value is -3.33. The Balaban J connectivity index is 1.27. The first-order chi connectivity index (χ1) is 16.8. The zero-order valence-corrected chi connectivity index (χ0v) is 19.4. The van der Waals surface area contributed by atoms with E-state index in [0.717, 1.165) is 28.6 Å². The zero-order chi connectivity index (χ0) is 24.6. The number of benzene rings is 2. The smallest absolute Gasteiger partial charge is 0.377 e. The highest BCUT2D eigenvalue weighted by Crippen LogP contribution is 2.34. The number of fused-ring (bicyclic) bond motifs is 2. The van der Waals surface area contributed by atoms with Crippen LogP contribution in [0.2, 0.25) is 0 Å². The van der Waals surface area contributed by atoms with Crippen LogP contribution in [0.15, 0.2) is 48.7 Å². The van der Waals surface area contributed by atoms with Gasteiger partial charge in [0.1, 0.15) is 12.4 Å².